The maximum Gasteiger partial charge on any atom is 0.227 e. The van der Waals surface area contributed by atoms with E-state index in [1.807, 2.05) is 27.7 Å². The zero-order chi connectivity index (χ0) is 11.4. The number of anilines is 1. The molecule has 16 heavy (non-hydrogen) atoms. The zero-order valence-electron chi connectivity index (χ0n) is 9.94. The minimum Gasteiger partial charge on any atom is -0.367 e. The van der Waals surface area contributed by atoms with E-state index >= 15 is 0 Å². The second kappa shape index (κ2) is 3.61. The summed E-state index contributed by atoms with van der Waals surface area (Å²) in [4.78, 5) is 0. The smallest absolute Gasteiger partial charge is 0.227 e. The van der Waals surface area contributed by atoms with Gasteiger partial charge in [-0.15, -0.1) is 12.4 Å². The van der Waals surface area contributed by atoms with Crippen molar-refractivity contribution in [2.24, 2.45) is 0 Å². The van der Waals surface area contributed by atoms with Gasteiger partial charge in [-0.1, -0.05) is 5.16 Å². The van der Waals surface area contributed by atoms with Crippen molar-refractivity contribution in [3.05, 3.63) is 11.3 Å². The van der Waals surface area contributed by atoms with Gasteiger partial charge >= 0.3 is 0 Å². The largest absolute Gasteiger partial charge is 0.367 e. The summed E-state index contributed by atoms with van der Waals surface area (Å²) in [6.45, 7) is 7.73. The highest BCUT2D eigenvalue weighted by Crippen LogP contribution is 2.43. The molecule has 1 aliphatic heterocycles. The first-order chi connectivity index (χ1) is 6.77. The third kappa shape index (κ3) is 1.59. The molecule has 0 radical (unpaired) electrons. The van der Waals surface area contributed by atoms with Gasteiger partial charge in [-0.2, -0.15) is 5.06 Å². The van der Waals surface area contributed by atoms with Gasteiger partial charge in [0.15, 0.2) is 0 Å². The van der Waals surface area contributed by atoms with E-state index in [0.29, 0.717) is 12.3 Å². The predicted octanol–water partition coefficient (Wildman–Crippen LogP) is 1.94. The number of halogens is 1. The summed E-state index contributed by atoms with van der Waals surface area (Å²) in [5, 5.41) is 15.4. The van der Waals surface area contributed by atoms with Gasteiger partial charge in [0.2, 0.25) is 5.88 Å². The topological polar surface area (TPSA) is 75.5 Å². The van der Waals surface area contributed by atoms with Crippen LogP contribution in [0.1, 0.15) is 39.0 Å². The molecule has 0 saturated carbocycles. The summed E-state index contributed by atoms with van der Waals surface area (Å²) in [6.07, 6.45) is 0.628. The number of aromatic nitrogens is 1. The number of hydrogen-bond acceptors (Lipinski definition) is 5. The van der Waals surface area contributed by atoms with Crippen molar-refractivity contribution >= 4 is 18.3 Å². The summed E-state index contributed by atoms with van der Waals surface area (Å²) in [5.41, 5.74) is 6.43. The van der Waals surface area contributed by atoms with Gasteiger partial charge in [0.25, 0.3) is 0 Å². The molecule has 0 aliphatic carbocycles. The maximum atomic E-state index is 10.2. The molecule has 0 saturated heterocycles. The van der Waals surface area contributed by atoms with Crippen molar-refractivity contribution in [3.63, 3.8) is 0 Å². The molecule has 3 N–H and O–H groups in total. The Hall–Kier alpha value is -0.780. The number of hydrogen-bond donors (Lipinski definition) is 2. The molecule has 2 heterocycles. The average molecular weight is 248 g/mol. The average Bonchev–Trinajstić information content (AvgIpc) is 2.44. The van der Waals surface area contributed by atoms with Crippen molar-refractivity contribution in [3.8, 4) is 0 Å². The van der Waals surface area contributed by atoms with Crippen LogP contribution < -0.4 is 5.73 Å². The van der Waals surface area contributed by atoms with E-state index in [4.69, 9.17) is 10.3 Å². The Morgan fingerprint density at radius 2 is 1.94 bits per heavy atom. The van der Waals surface area contributed by atoms with Crippen LogP contribution in [0.5, 0.6) is 0 Å². The third-order valence-electron chi connectivity index (χ3n) is 3.10. The standard InChI is InChI=1S/C10H17N3O2.ClH/c1-9(2)5-6-7(8(11)15-12-6)10(3,4)13(9)14;/h14H,5,11H2,1-4H3;1H. The van der Waals surface area contributed by atoms with Gasteiger partial charge in [0.1, 0.15) is 0 Å². The van der Waals surface area contributed by atoms with Crippen molar-refractivity contribution in [1.82, 2.24) is 10.2 Å². The van der Waals surface area contributed by atoms with E-state index in [-0.39, 0.29) is 17.9 Å². The van der Waals surface area contributed by atoms with Crippen LogP contribution in [0.2, 0.25) is 0 Å². The summed E-state index contributed by atoms with van der Waals surface area (Å²) >= 11 is 0. The van der Waals surface area contributed by atoms with Crippen molar-refractivity contribution in [1.29, 1.82) is 0 Å². The number of rotatable bonds is 0. The number of fused-ring (bicyclic) bond motifs is 1. The van der Waals surface area contributed by atoms with E-state index < -0.39 is 5.54 Å². The lowest BCUT2D eigenvalue weighted by Crippen LogP contribution is -2.56. The molecule has 0 aromatic carbocycles. The Morgan fingerprint density at radius 3 is 2.50 bits per heavy atom. The number of hydroxylamine groups is 2. The van der Waals surface area contributed by atoms with Crippen LogP contribution >= 0.6 is 12.4 Å². The Bertz CT molecular complexity index is 401. The van der Waals surface area contributed by atoms with Crippen LogP contribution in [0.15, 0.2) is 4.52 Å². The van der Waals surface area contributed by atoms with E-state index in [9.17, 15) is 5.21 Å². The van der Waals surface area contributed by atoms with Crippen molar-refractivity contribution in [2.45, 2.75) is 45.2 Å². The Kier molecular flexibility index (Phi) is 3.00. The minimum absolute atomic E-state index is 0. The summed E-state index contributed by atoms with van der Waals surface area (Å²) in [7, 11) is 0. The molecular weight excluding hydrogens is 230 g/mol. The second-order valence-electron chi connectivity index (χ2n) is 5.23. The molecule has 2 rings (SSSR count). The molecule has 1 aliphatic rings. The van der Waals surface area contributed by atoms with E-state index in [1.165, 1.54) is 5.06 Å². The molecular formula is C10H18ClN3O2. The third-order valence-corrected chi connectivity index (χ3v) is 3.10. The number of nitrogens with two attached hydrogens (primary N) is 1. The summed E-state index contributed by atoms with van der Waals surface area (Å²) in [6, 6.07) is 0. The van der Waals surface area contributed by atoms with Gasteiger partial charge in [-0.05, 0) is 27.7 Å². The lowest BCUT2D eigenvalue weighted by Gasteiger charge is -2.47. The summed E-state index contributed by atoms with van der Waals surface area (Å²) < 4.78 is 4.98. The molecule has 0 atom stereocenters. The number of nitrogen functional groups attached to an aromatic ring is 1. The molecule has 0 amide bonds. The molecule has 0 fully saturated rings. The minimum atomic E-state index is -0.568. The molecule has 5 nitrogen and oxygen atoms in total. The van der Waals surface area contributed by atoms with Crippen molar-refractivity contribution < 1.29 is 9.73 Å². The molecule has 92 valence electrons. The van der Waals surface area contributed by atoms with Crippen LogP contribution in [0.3, 0.4) is 0 Å². The van der Waals surface area contributed by atoms with Gasteiger partial charge < -0.3 is 15.5 Å². The normalized spacial score (nSPS) is 22.3. The van der Waals surface area contributed by atoms with E-state index in [1.54, 1.807) is 0 Å². The molecule has 0 spiro atoms. The first-order valence-corrected chi connectivity index (χ1v) is 5.00. The Balaban J connectivity index is 0.00000128. The van der Waals surface area contributed by atoms with Crippen LogP contribution in [0.25, 0.3) is 0 Å². The fourth-order valence-electron chi connectivity index (χ4n) is 2.46. The van der Waals surface area contributed by atoms with Gasteiger partial charge in [0.05, 0.1) is 16.8 Å². The Morgan fingerprint density at radius 1 is 1.38 bits per heavy atom. The van der Waals surface area contributed by atoms with Crippen LogP contribution in [-0.2, 0) is 12.0 Å². The van der Waals surface area contributed by atoms with Gasteiger partial charge in [-0.25, -0.2) is 0 Å². The van der Waals surface area contributed by atoms with Gasteiger partial charge in [-0.3, -0.25) is 0 Å². The van der Waals surface area contributed by atoms with Crippen LogP contribution in [0, 0.1) is 0 Å². The lowest BCUT2D eigenvalue weighted by atomic mass is 9.80. The molecule has 0 bridgehead atoms. The fourth-order valence-corrected chi connectivity index (χ4v) is 2.46. The quantitative estimate of drug-likeness (QED) is 0.733. The van der Waals surface area contributed by atoms with Crippen molar-refractivity contribution in [2.75, 3.05) is 5.73 Å². The number of nitrogens with zero attached hydrogens (tertiary/aromatic N) is 2. The van der Waals surface area contributed by atoms with E-state index in [2.05, 4.69) is 5.16 Å². The second-order valence-corrected chi connectivity index (χ2v) is 5.23. The monoisotopic (exact) mass is 247 g/mol. The molecule has 1 aromatic rings. The lowest BCUT2D eigenvalue weighted by molar-refractivity contribution is -0.233. The SMILES string of the molecule is CC1(C)Cc2noc(N)c2C(C)(C)N1O.Cl. The first kappa shape index (κ1) is 13.3. The van der Waals surface area contributed by atoms with Crippen LogP contribution in [-0.4, -0.2) is 21.0 Å². The molecule has 1 aromatic heterocycles. The molecule has 6 heteroatoms. The first-order valence-electron chi connectivity index (χ1n) is 5.00. The van der Waals surface area contributed by atoms with E-state index in [0.717, 1.165) is 11.3 Å². The summed E-state index contributed by atoms with van der Waals surface area (Å²) in [5.74, 6) is 0.296. The zero-order valence-corrected chi connectivity index (χ0v) is 10.8. The molecule has 0 unspecified atom stereocenters. The maximum absolute atomic E-state index is 10.2. The highest BCUT2D eigenvalue weighted by molar-refractivity contribution is 5.85. The van der Waals surface area contributed by atoms with Gasteiger partial charge in [0, 0.05) is 12.0 Å². The van der Waals surface area contributed by atoms with Crippen LogP contribution in [0.4, 0.5) is 5.88 Å². The highest BCUT2D eigenvalue weighted by atomic mass is 35.5. The Labute approximate surface area is 101 Å². The fraction of sp³-hybridized carbons (Fsp3) is 0.700. The highest BCUT2D eigenvalue weighted by Gasteiger charge is 2.47. The predicted molar refractivity (Wildman–Crippen MR) is 62.6 cm³/mol.